The van der Waals surface area contributed by atoms with Gasteiger partial charge < -0.3 is 25.3 Å². The van der Waals surface area contributed by atoms with E-state index in [1.165, 1.54) is 0 Å². The van der Waals surface area contributed by atoms with Crippen molar-refractivity contribution in [2.24, 2.45) is 0 Å². The number of hydrogen-bond acceptors (Lipinski definition) is 6. The largest absolute Gasteiger partial charge is 0.392 e. The smallest absolute Gasteiger partial charge is 0.261 e. The number of nitrogens with zero attached hydrogens (tertiary/aromatic N) is 2. The van der Waals surface area contributed by atoms with Crippen molar-refractivity contribution >= 4 is 17.0 Å². The molecule has 5 N–H and O–H groups in total. The highest BCUT2D eigenvalue weighted by Crippen LogP contribution is 2.37. The molecule has 2 aromatic heterocycles. The number of terminal acetylenes is 1. The number of H-pyrrole nitrogens is 1. The van der Waals surface area contributed by atoms with E-state index in [0.717, 1.165) is 0 Å². The Balaban J connectivity index is 2.07. The van der Waals surface area contributed by atoms with Crippen LogP contribution in [0.2, 0.25) is 0 Å². The van der Waals surface area contributed by atoms with Gasteiger partial charge in [-0.2, -0.15) is 4.98 Å². The molecule has 110 valence electrons. The van der Waals surface area contributed by atoms with Crippen LogP contribution in [0.15, 0.2) is 17.1 Å². The molecule has 1 saturated heterocycles. The fraction of sp³-hybridized carbons (Fsp3) is 0.385. The van der Waals surface area contributed by atoms with Gasteiger partial charge in [0.05, 0.1) is 12.0 Å². The van der Waals surface area contributed by atoms with Gasteiger partial charge in [0, 0.05) is 12.6 Å². The van der Waals surface area contributed by atoms with Gasteiger partial charge >= 0.3 is 0 Å². The topological polar surface area (TPSA) is 126 Å². The zero-order valence-corrected chi connectivity index (χ0v) is 11.0. The molecule has 8 heteroatoms. The van der Waals surface area contributed by atoms with Gasteiger partial charge in [-0.05, 0) is 6.07 Å². The van der Waals surface area contributed by atoms with E-state index in [4.69, 9.17) is 16.9 Å². The summed E-state index contributed by atoms with van der Waals surface area (Å²) < 4.78 is 7.19. The summed E-state index contributed by atoms with van der Waals surface area (Å²) in [6.07, 6.45) is 5.46. The highest BCUT2D eigenvalue weighted by molar-refractivity contribution is 5.76. The summed E-state index contributed by atoms with van der Waals surface area (Å²) in [5.74, 6) is 2.27. The highest BCUT2D eigenvalue weighted by Gasteiger charge is 2.47. The number of aromatic amines is 1. The number of aromatic nitrogens is 3. The Morgan fingerprint density at radius 1 is 1.71 bits per heavy atom. The van der Waals surface area contributed by atoms with Crippen LogP contribution in [-0.2, 0) is 4.74 Å². The van der Waals surface area contributed by atoms with Crippen LogP contribution < -0.4 is 11.3 Å². The van der Waals surface area contributed by atoms with Crippen molar-refractivity contribution < 1.29 is 14.9 Å². The van der Waals surface area contributed by atoms with E-state index >= 15 is 0 Å². The number of aliphatic hydroxyl groups excluding tert-OH is 2. The fourth-order valence-electron chi connectivity index (χ4n) is 2.53. The average Bonchev–Trinajstić information content (AvgIpc) is 3.00. The highest BCUT2D eigenvalue weighted by atomic mass is 16.6. The van der Waals surface area contributed by atoms with Gasteiger partial charge in [0.25, 0.3) is 5.56 Å². The number of aliphatic hydroxyl groups is 2. The van der Waals surface area contributed by atoms with Crippen LogP contribution in [0.5, 0.6) is 0 Å². The SMILES string of the molecule is C#C[C@]1(CO)OC(n2ccc3c(=O)[nH]c(N)nc32)C[C@@H]1O. The standard InChI is InChI=1S/C13H14N4O4/c1-2-13(6-18)8(19)5-9(21-13)17-4-3-7-10(17)15-12(14)16-11(7)20/h1,3-4,8-9,18-19H,5-6H2,(H3,14,15,16,20)/t8-,9?,13+/m0/s1. The maximum absolute atomic E-state index is 11.8. The first-order valence-electron chi connectivity index (χ1n) is 6.31. The number of hydrogen-bond donors (Lipinski definition) is 4. The Morgan fingerprint density at radius 3 is 3.10 bits per heavy atom. The van der Waals surface area contributed by atoms with Gasteiger partial charge in [-0.3, -0.25) is 9.78 Å². The van der Waals surface area contributed by atoms with E-state index < -0.39 is 24.5 Å². The lowest BCUT2D eigenvalue weighted by atomic mass is 9.99. The minimum Gasteiger partial charge on any atom is -0.392 e. The monoisotopic (exact) mass is 290 g/mol. The lowest BCUT2D eigenvalue weighted by Crippen LogP contribution is -2.41. The van der Waals surface area contributed by atoms with Crippen LogP contribution in [0.25, 0.3) is 11.0 Å². The van der Waals surface area contributed by atoms with Gasteiger partial charge in [-0.1, -0.05) is 5.92 Å². The van der Waals surface area contributed by atoms with Gasteiger partial charge in [-0.25, -0.2) is 0 Å². The third-order valence-corrected chi connectivity index (χ3v) is 3.70. The molecule has 1 unspecified atom stereocenters. The van der Waals surface area contributed by atoms with E-state index in [-0.39, 0.29) is 17.9 Å². The first-order chi connectivity index (χ1) is 10.0. The van der Waals surface area contributed by atoms with Crippen molar-refractivity contribution in [1.29, 1.82) is 0 Å². The second-order valence-corrected chi connectivity index (χ2v) is 4.93. The van der Waals surface area contributed by atoms with Crippen molar-refractivity contribution in [3.8, 4) is 12.3 Å². The zero-order chi connectivity index (χ0) is 15.2. The average molecular weight is 290 g/mol. The quantitative estimate of drug-likeness (QED) is 0.523. The third-order valence-electron chi connectivity index (χ3n) is 3.70. The van der Waals surface area contributed by atoms with Crippen LogP contribution in [0.3, 0.4) is 0 Å². The number of anilines is 1. The number of nitrogens with one attached hydrogen (secondary N) is 1. The number of fused-ring (bicyclic) bond motifs is 1. The molecule has 0 amide bonds. The summed E-state index contributed by atoms with van der Waals surface area (Å²) in [5.41, 5.74) is 4.06. The summed E-state index contributed by atoms with van der Waals surface area (Å²) in [6.45, 7) is -0.503. The number of nitrogen functional groups attached to an aromatic ring is 1. The lowest BCUT2D eigenvalue weighted by Gasteiger charge is -2.23. The summed E-state index contributed by atoms with van der Waals surface area (Å²) in [4.78, 5) is 18.3. The molecule has 0 saturated carbocycles. The van der Waals surface area contributed by atoms with Gasteiger partial charge in [0.15, 0.2) is 11.2 Å². The Bertz CT molecular complexity index is 790. The molecule has 1 aliphatic rings. The Hall–Kier alpha value is -2.34. The second kappa shape index (κ2) is 4.60. The van der Waals surface area contributed by atoms with E-state index in [9.17, 15) is 15.0 Å². The van der Waals surface area contributed by atoms with E-state index in [0.29, 0.717) is 11.0 Å². The zero-order valence-electron chi connectivity index (χ0n) is 11.0. The Labute approximate surface area is 119 Å². The molecule has 1 fully saturated rings. The van der Waals surface area contributed by atoms with Gasteiger partial charge in [-0.15, -0.1) is 6.42 Å². The molecule has 8 nitrogen and oxygen atoms in total. The molecule has 0 aromatic carbocycles. The van der Waals surface area contributed by atoms with Crippen LogP contribution in [0.4, 0.5) is 5.95 Å². The van der Waals surface area contributed by atoms with Gasteiger partial charge in [0.1, 0.15) is 12.3 Å². The lowest BCUT2D eigenvalue weighted by molar-refractivity contribution is -0.0890. The Morgan fingerprint density at radius 2 is 2.48 bits per heavy atom. The number of ether oxygens (including phenoxy) is 1. The summed E-state index contributed by atoms with van der Waals surface area (Å²) >= 11 is 0. The molecule has 0 radical (unpaired) electrons. The molecule has 2 aromatic rings. The maximum atomic E-state index is 11.8. The van der Waals surface area contributed by atoms with Gasteiger partial charge in [0.2, 0.25) is 5.95 Å². The summed E-state index contributed by atoms with van der Waals surface area (Å²) in [5, 5.41) is 19.8. The molecule has 1 aliphatic heterocycles. The van der Waals surface area contributed by atoms with Crippen molar-refractivity contribution in [2.75, 3.05) is 12.3 Å². The van der Waals surface area contributed by atoms with E-state index in [2.05, 4.69) is 15.9 Å². The first kappa shape index (κ1) is 13.6. The molecular weight excluding hydrogens is 276 g/mol. The number of nitrogens with two attached hydrogens (primary N) is 1. The predicted molar refractivity (Wildman–Crippen MR) is 74.2 cm³/mol. The molecule has 3 rings (SSSR count). The first-order valence-corrected chi connectivity index (χ1v) is 6.31. The van der Waals surface area contributed by atoms with Crippen molar-refractivity contribution in [2.45, 2.75) is 24.4 Å². The predicted octanol–water partition coefficient (Wildman–Crippen LogP) is -1.05. The fourth-order valence-corrected chi connectivity index (χ4v) is 2.53. The van der Waals surface area contributed by atoms with Crippen LogP contribution >= 0.6 is 0 Å². The summed E-state index contributed by atoms with van der Waals surface area (Å²) in [6, 6.07) is 1.57. The molecular formula is C13H14N4O4. The van der Waals surface area contributed by atoms with E-state index in [1.54, 1.807) is 16.8 Å². The van der Waals surface area contributed by atoms with Crippen molar-refractivity contribution in [1.82, 2.24) is 14.5 Å². The molecule has 0 bridgehead atoms. The van der Waals surface area contributed by atoms with Crippen LogP contribution in [-0.4, -0.2) is 43.1 Å². The molecule has 3 heterocycles. The minimum atomic E-state index is -1.45. The Kier molecular flexibility index (Phi) is 2.98. The normalized spacial score (nSPS) is 28.8. The number of rotatable bonds is 2. The van der Waals surface area contributed by atoms with Crippen molar-refractivity contribution in [3.63, 3.8) is 0 Å². The van der Waals surface area contributed by atoms with Crippen molar-refractivity contribution in [3.05, 3.63) is 22.6 Å². The minimum absolute atomic E-state index is 0.0173. The van der Waals surface area contributed by atoms with Crippen LogP contribution in [0.1, 0.15) is 12.6 Å². The molecule has 21 heavy (non-hydrogen) atoms. The molecule has 3 atom stereocenters. The van der Waals surface area contributed by atoms with Crippen LogP contribution in [0, 0.1) is 12.3 Å². The molecule has 0 aliphatic carbocycles. The molecule has 0 spiro atoms. The summed E-state index contributed by atoms with van der Waals surface area (Å²) in [7, 11) is 0. The van der Waals surface area contributed by atoms with E-state index in [1.807, 2.05) is 0 Å². The third kappa shape index (κ3) is 1.91. The second-order valence-electron chi connectivity index (χ2n) is 4.93. The maximum Gasteiger partial charge on any atom is 0.261 e.